The Morgan fingerprint density at radius 1 is 0.783 bits per heavy atom. The second kappa shape index (κ2) is 8.14. The van der Waals surface area contributed by atoms with Crippen LogP contribution in [0.1, 0.15) is 17.5 Å². The van der Waals surface area contributed by atoms with Crippen molar-refractivity contribution in [2.45, 2.75) is 19.4 Å². The Balaban J connectivity index is 1.50. The summed E-state index contributed by atoms with van der Waals surface area (Å²) in [5.41, 5.74) is 9.72. The van der Waals surface area contributed by atoms with E-state index >= 15 is 0 Å². The molecule has 0 amide bonds. The van der Waals surface area contributed by atoms with Crippen LogP contribution in [0.4, 0.5) is 5.69 Å². The fourth-order valence-electron chi connectivity index (χ4n) is 3.19. The van der Waals surface area contributed by atoms with Gasteiger partial charge in [0.15, 0.2) is 0 Å². The number of aryl methyl sites for hydroxylation is 1. The van der Waals surface area contributed by atoms with Crippen molar-refractivity contribution in [3.63, 3.8) is 0 Å². The molecule has 2 N–H and O–H groups in total. The second-order valence-electron chi connectivity index (χ2n) is 6.31. The first-order valence-electron chi connectivity index (χ1n) is 8.65. The zero-order chi connectivity index (χ0) is 15.9. The lowest BCUT2D eigenvalue weighted by Crippen LogP contribution is -2.45. The van der Waals surface area contributed by atoms with Gasteiger partial charge in [-0.2, -0.15) is 0 Å². The van der Waals surface area contributed by atoms with Gasteiger partial charge in [-0.3, -0.25) is 4.90 Å². The topological polar surface area (TPSA) is 32.5 Å². The molecule has 0 spiro atoms. The van der Waals surface area contributed by atoms with Gasteiger partial charge in [0.05, 0.1) is 0 Å². The van der Waals surface area contributed by atoms with Crippen LogP contribution in [0, 0.1) is 0 Å². The van der Waals surface area contributed by atoms with Gasteiger partial charge in [0.25, 0.3) is 0 Å². The van der Waals surface area contributed by atoms with E-state index < -0.39 is 0 Å². The van der Waals surface area contributed by atoms with Gasteiger partial charge in [0.1, 0.15) is 0 Å². The molecule has 0 bridgehead atoms. The van der Waals surface area contributed by atoms with Gasteiger partial charge < -0.3 is 10.6 Å². The van der Waals surface area contributed by atoms with Crippen molar-refractivity contribution in [1.82, 2.24) is 4.90 Å². The van der Waals surface area contributed by atoms with Crippen molar-refractivity contribution in [2.75, 3.05) is 37.6 Å². The fourth-order valence-corrected chi connectivity index (χ4v) is 3.19. The van der Waals surface area contributed by atoms with Gasteiger partial charge in [0.2, 0.25) is 0 Å². The molecule has 3 rings (SSSR count). The lowest BCUT2D eigenvalue weighted by molar-refractivity contribution is 0.250. The molecule has 0 saturated carbocycles. The maximum Gasteiger partial charge on any atom is 0.0367 e. The highest BCUT2D eigenvalue weighted by molar-refractivity contribution is 5.48. The summed E-state index contributed by atoms with van der Waals surface area (Å²) in [6.45, 7) is 6.30. The first-order valence-corrected chi connectivity index (χ1v) is 8.65. The smallest absolute Gasteiger partial charge is 0.0367 e. The van der Waals surface area contributed by atoms with Crippen LogP contribution < -0.4 is 10.6 Å². The fraction of sp³-hybridized carbons (Fsp3) is 0.400. The van der Waals surface area contributed by atoms with E-state index in [-0.39, 0.29) is 0 Å². The van der Waals surface area contributed by atoms with Gasteiger partial charge in [-0.25, -0.2) is 0 Å². The summed E-state index contributed by atoms with van der Waals surface area (Å²) in [6.07, 6.45) is 2.15. The highest BCUT2D eigenvalue weighted by atomic mass is 15.3. The Bertz CT molecular complexity index is 572. The van der Waals surface area contributed by atoms with E-state index in [1.807, 2.05) is 0 Å². The zero-order valence-corrected chi connectivity index (χ0v) is 13.8. The molecule has 1 heterocycles. The average Bonchev–Trinajstić information content (AvgIpc) is 2.62. The summed E-state index contributed by atoms with van der Waals surface area (Å²) < 4.78 is 0. The molecule has 3 nitrogen and oxygen atoms in total. The largest absolute Gasteiger partial charge is 0.369 e. The van der Waals surface area contributed by atoms with Crippen molar-refractivity contribution in [3.05, 3.63) is 65.7 Å². The van der Waals surface area contributed by atoms with Crippen molar-refractivity contribution >= 4 is 5.69 Å². The molecule has 2 aromatic rings. The lowest BCUT2D eigenvalue weighted by Gasteiger charge is -2.36. The molecule has 0 unspecified atom stereocenters. The van der Waals surface area contributed by atoms with E-state index in [1.165, 1.54) is 16.8 Å². The van der Waals surface area contributed by atoms with Crippen LogP contribution in [0.3, 0.4) is 0 Å². The van der Waals surface area contributed by atoms with Gasteiger partial charge >= 0.3 is 0 Å². The Kier molecular flexibility index (Phi) is 5.67. The highest BCUT2D eigenvalue weighted by Crippen LogP contribution is 2.18. The number of rotatable bonds is 6. The minimum Gasteiger partial charge on any atom is -0.369 e. The normalized spacial score (nSPS) is 15.8. The van der Waals surface area contributed by atoms with Gasteiger partial charge in [-0.15, -0.1) is 0 Å². The number of benzene rings is 2. The Morgan fingerprint density at radius 3 is 2.13 bits per heavy atom. The number of anilines is 1. The van der Waals surface area contributed by atoms with Crippen LogP contribution in [-0.4, -0.2) is 37.6 Å². The summed E-state index contributed by atoms with van der Waals surface area (Å²) in [7, 11) is 0. The van der Waals surface area contributed by atoms with E-state index in [1.54, 1.807) is 0 Å². The molecular weight excluding hydrogens is 282 g/mol. The predicted molar refractivity (Wildman–Crippen MR) is 97.7 cm³/mol. The van der Waals surface area contributed by atoms with E-state index in [9.17, 15) is 0 Å². The molecule has 1 fully saturated rings. The van der Waals surface area contributed by atoms with Crippen LogP contribution in [-0.2, 0) is 13.0 Å². The first kappa shape index (κ1) is 16.0. The third-order valence-corrected chi connectivity index (χ3v) is 4.59. The lowest BCUT2D eigenvalue weighted by atomic mass is 10.1. The summed E-state index contributed by atoms with van der Waals surface area (Å²) in [5, 5.41) is 0. The Hall–Kier alpha value is -1.84. The molecular formula is C20H27N3. The molecule has 2 aromatic carbocycles. The first-order chi connectivity index (χ1) is 11.3. The maximum atomic E-state index is 5.58. The zero-order valence-electron chi connectivity index (χ0n) is 13.8. The third kappa shape index (κ3) is 4.57. The number of nitrogens with two attached hydrogens (primary N) is 1. The quantitative estimate of drug-likeness (QED) is 0.890. The molecule has 0 aliphatic carbocycles. The molecule has 1 aliphatic heterocycles. The van der Waals surface area contributed by atoms with Crippen molar-refractivity contribution in [3.8, 4) is 0 Å². The van der Waals surface area contributed by atoms with Gasteiger partial charge in [0, 0.05) is 38.4 Å². The summed E-state index contributed by atoms with van der Waals surface area (Å²) in [5.74, 6) is 0. The monoisotopic (exact) mass is 309 g/mol. The van der Waals surface area contributed by atoms with Gasteiger partial charge in [-0.05, 0) is 42.6 Å². The van der Waals surface area contributed by atoms with Crippen molar-refractivity contribution in [1.29, 1.82) is 0 Å². The average molecular weight is 309 g/mol. The van der Waals surface area contributed by atoms with E-state index in [0.717, 1.165) is 52.1 Å². The van der Waals surface area contributed by atoms with Crippen molar-refractivity contribution in [2.24, 2.45) is 5.73 Å². The molecule has 3 heteroatoms. The third-order valence-electron chi connectivity index (χ3n) is 4.59. The Morgan fingerprint density at radius 2 is 1.48 bits per heavy atom. The van der Waals surface area contributed by atoms with Crippen LogP contribution in [0.5, 0.6) is 0 Å². The second-order valence-corrected chi connectivity index (χ2v) is 6.31. The highest BCUT2D eigenvalue weighted by Gasteiger charge is 2.17. The van der Waals surface area contributed by atoms with Crippen LogP contribution in [0.25, 0.3) is 0 Å². The predicted octanol–water partition coefficient (Wildman–Crippen LogP) is 2.90. The van der Waals surface area contributed by atoms with E-state index in [4.69, 9.17) is 5.73 Å². The molecule has 0 radical (unpaired) electrons. The maximum absolute atomic E-state index is 5.58. The number of hydrogen-bond donors (Lipinski definition) is 1. The van der Waals surface area contributed by atoms with Crippen LogP contribution in [0.15, 0.2) is 54.6 Å². The SMILES string of the molecule is NCCCc1ccc(N2CCN(Cc3ccccc3)CC2)cc1. The van der Waals surface area contributed by atoms with Crippen molar-refractivity contribution < 1.29 is 0 Å². The molecule has 0 atom stereocenters. The summed E-state index contributed by atoms with van der Waals surface area (Å²) in [6, 6.07) is 19.8. The number of nitrogens with zero attached hydrogens (tertiary/aromatic N) is 2. The molecule has 122 valence electrons. The van der Waals surface area contributed by atoms with E-state index in [2.05, 4.69) is 64.4 Å². The number of piperazine rings is 1. The molecule has 1 aliphatic rings. The van der Waals surface area contributed by atoms with E-state index in [0.29, 0.717) is 0 Å². The minimum atomic E-state index is 0.769. The summed E-state index contributed by atoms with van der Waals surface area (Å²) in [4.78, 5) is 5.04. The van der Waals surface area contributed by atoms with Gasteiger partial charge in [-0.1, -0.05) is 42.5 Å². The number of hydrogen-bond acceptors (Lipinski definition) is 3. The van der Waals surface area contributed by atoms with Crippen LogP contribution >= 0.6 is 0 Å². The minimum absolute atomic E-state index is 0.769. The molecule has 1 saturated heterocycles. The van der Waals surface area contributed by atoms with Crippen LogP contribution in [0.2, 0.25) is 0 Å². The summed E-state index contributed by atoms with van der Waals surface area (Å²) >= 11 is 0. The standard InChI is InChI=1S/C20H27N3/c21-12-4-7-18-8-10-20(11-9-18)23-15-13-22(14-16-23)17-19-5-2-1-3-6-19/h1-3,5-6,8-11H,4,7,12-17,21H2. The molecule has 23 heavy (non-hydrogen) atoms. The molecule has 0 aromatic heterocycles. The Labute approximate surface area is 139 Å².